The van der Waals surface area contributed by atoms with Crippen LogP contribution in [0.25, 0.3) is 11.0 Å². The summed E-state index contributed by atoms with van der Waals surface area (Å²) in [7, 11) is 1.81. The number of amides is 1. The van der Waals surface area contributed by atoms with Crippen LogP contribution in [-0.2, 0) is 7.05 Å². The fraction of sp³-hybridized carbons (Fsp3) is 0.500. The van der Waals surface area contributed by atoms with Gasteiger partial charge in [-0.25, -0.2) is 4.98 Å². The Balaban J connectivity index is 2.06. The lowest BCUT2D eigenvalue weighted by atomic mass is 10.1. The van der Waals surface area contributed by atoms with E-state index >= 15 is 0 Å². The summed E-state index contributed by atoms with van der Waals surface area (Å²) < 4.78 is 1.67. The first-order chi connectivity index (χ1) is 9.61. The van der Waals surface area contributed by atoms with Crippen molar-refractivity contribution in [1.82, 2.24) is 19.7 Å². The predicted molar refractivity (Wildman–Crippen MR) is 74.4 cm³/mol. The molecule has 0 saturated heterocycles. The third-order valence-electron chi connectivity index (χ3n) is 3.65. The Morgan fingerprint density at radius 1 is 1.55 bits per heavy atom. The summed E-state index contributed by atoms with van der Waals surface area (Å²) in [5.74, 6) is -0.0370. The predicted octanol–water partition coefficient (Wildman–Crippen LogP) is 0.874. The lowest BCUT2D eigenvalue weighted by Gasteiger charge is -2.21. The van der Waals surface area contributed by atoms with Gasteiger partial charge in [-0.15, -0.1) is 0 Å². The SMILES string of the molecule is Cc1cc(C(=O)N(CCO)C2CC2)c2cnn(C)c2n1. The molecule has 0 aromatic carbocycles. The number of pyridine rings is 1. The normalized spacial score (nSPS) is 14.8. The molecule has 20 heavy (non-hydrogen) atoms. The molecule has 1 fully saturated rings. The van der Waals surface area contributed by atoms with Crippen molar-refractivity contribution in [3.05, 3.63) is 23.5 Å². The van der Waals surface area contributed by atoms with Crippen LogP contribution in [0.5, 0.6) is 0 Å². The third kappa shape index (κ3) is 2.16. The molecule has 2 aromatic rings. The number of aryl methyl sites for hydroxylation is 2. The van der Waals surface area contributed by atoms with Crippen LogP contribution in [-0.4, -0.2) is 49.9 Å². The lowest BCUT2D eigenvalue weighted by Crippen LogP contribution is -2.35. The molecule has 1 saturated carbocycles. The highest BCUT2D eigenvalue weighted by Crippen LogP contribution is 2.29. The number of carbonyl (C=O) groups excluding carboxylic acids is 1. The highest BCUT2D eigenvalue weighted by atomic mass is 16.3. The topological polar surface area (TPSA) is 71.2 Å². The van der Waals surface area contributed by atoms with Gasteiger partial charge < -0.3 is 10.0 Å². The fourth-order valence-electron chi connectivity index (χ4n) is 2.52. The average Bonchev–Trinajstić information content (AvgIpc) is 3.20. The standard InChI is InChI=1S/C14H18N4O2/c1-9-7-11(12-8-15-17(2)13(12)16-9)14(20)18(5-6-19)10-3-4-10/h7-8,10,19H,3-6H2,1-2H3. The Morgan fingerprint density at radius 3 is 2.95 bits per heavy atom. The van der Waals surface area contributed by atoms with Crippen molar-refractivity contribution in [2.45, 2.75) is 25.8 Å². The molecule has 2 heterocycles. The fourth-order valence-corrected chi connectivity index (χ4v) is 2.52. The Hall–Kier alpha value is -1.95. The molecule has 1 aliphatic rings. The highest BCUT2D eigenvalue weighted by Gasteiger charge is 2.33. The van der Waals surface area contributed by atoms with Crippen LogP contribution in [0.1, 0.15) is 28.9 Å². The van der Waals surface area contributed by atoms with Gasteiger partial charge in [-0.3, -0.25) is 9.48 Å². The van der Waals surface area contributed by atoms with Gasteiger partial charge in [0, 0.05) is 25.3 Å². The van der Waals surface area contributed by atoms with E-state index in [-0.39, 0.29) is 18.6 Å². The zero-order chi connectivity index (χ0) is 14.3. The van der Waals surface area contributed by atoms with Gasteiger partial charge in [0.05, 0.1) is 23.8 Å². The van der Waals surface area contributed by atoms with E-state index in [1.165, 1.54) is 0 Å². The third-order valence-corrected chi connectivity index (χ3v) is 3.65. The van der Waals surface area contributed by atoms with Crippen LogP contribution >= 0.6 is 0 Å². The molecular formula is C14H18N4O2. The van der Waals surface area contributed by atoms with Crippen molar-refractivity contribution in [3.63, 3.8) is 0 Å². The minimum absolute atomic E-state index is 0.0114. The lowest BCUT2D eigenvalue weighted by molar-refractivity contribution is 0.0709. The zero-order valence-corrected chi connectivity index (χ0v) is 11.7. The number of nitrogens with zero attached hydrogens (tertiary/aromatic N) is 4. The van der Waals surface area contributed by atoms with Crippen molar-refractivity contribution < 1.29 is 9.90 Å². The van der Waals surface area contributed by atoms with Gasteiger partial charge in [0.25, 0.3) is 5.91 Å². The maximum atomic E-state index is 12.7. The van der Waals surface area contributed by atoms with Gasteiger partial charge in [-0.2, -0.15) is 5.10 Å². The summed E-state index contributed by atoms with van der Waals surface area (Å²) in [5, 5.41) is 14.1. The van der Waals surface area contributed by atoms with E-state index in [1.807, 2.05) is 14.0 Å². The van der Waals surface area contributed by atoms with Crippen LogP contribution in [0.4, 0.5) is 0 Å². The molecule has 6 heteroatoms. The van der Waals surface area contributed by atoms with Gasteiger partial charge in [0.15, 0.2) is 5.65 Å². The number of hydrogen-bond acceptors (Lipinski definition) is 4. The molecule has 0 atom stereocenters. The molecule has 106 valence electrons. The Labute approximate surface area is 117 Å². The van der Waals surface area contributed by atoms with E-state index in [0.29, 0.717) is 17.8 Å². The number of hydrogen-bond donors (Lipinski definition) is 1. The molecule has 1 amide bonds. The van der Waals surface area contributed by atoms with Gasteiger partial charge in [-0.05, 0) is 25.8 Å². The van der Waals surface area contributed by atoms with E-state index in [4.69, 9.17) is 5.11 Å². The Bertz CT molecular complexity index is 660. The van der Waals surface area contributed by atoms with Gasteiger partial charge in [0.1, 0.15) is 0 Å². The molecule has 1 N–H and O–H groups in total. The summed E-state index contributed by atoms with van der Waals surface area (Å²) >= 11 is 0. The largest absolute Gasteiger partial charge is 0.395 e. The zero-order valence-electron chi connectivity index (χ0n) is 11.7. The molecule has 0 radical (unpaired) electrons. The summed E-state index contributed by atoms with van der Waals surface area (Å²) in [5.41, 5.74) is 2.14. The highest BCUT2D eigenvalue weighted by molar-refractivity contribution is 6.05. The number of fused-ring (bicyclic) bond motifs is 1. The summed E-state index contributed by atoms with van der Waals surface area (Å²) in [6, 6.07) is 2.08. The second kappa shape index (κ2) is 4.86. The molecule has 6 nitrogen and oxygen atoms in total. The van der Waals surface area contributed by atoms with Crippen LogP contribution in [0, 0.1) is 6.92 Å². The van der Waals surface area contributed by atoms with E-state index in [1.54, 1.807) is 21.8 Å². The average molecular weight is 274 g/mol. The maximum absolute atomic E-state index is 12.7. The first-order valence-corrected chi connectivity index (χ1v) is 6.83. The molecule has 1 aliphatic carbocycles. The maximum Gasteiger partial charge on any atom is 0.255 e. The van der Waals surface area contributed by atoms with Crippen molar-refractivity contribution in [2.24, 2.45) is 7.05 Å². The molecule has 0 bridgehead atoms. The molecule has 2 aromatic heterocycles. The van der Waals surface area contributed by atoms with Crippen molar-refractivity contribution in [1.29, 1.82) is 0 Å². The first-order valence-electron chi connectivity index (χ1n) is 6.83. The summed E-state index contributed by atoms with van der Waals surface area (Å²) in [4.78, 5) is 18.9. The van der Waals surface area contributed by atoms with E-state index in [0.717, 1.165) is 23.9 Å². The molecular weight excluding hydrogens is 256 g/mol. The first kappa shape index (κ1) is 13.1. The second-order valence-corrected chi connectivity index (χ2v) is 5.27. The number of carbonyl (C=O) groups is 1. The van der Waals surface area contributed by atoms with Crippen molar-refractivity contribution in [3.8, 4) is 0 Å². The smallest absolute Gasteiger partial charge is 0.255 e. The van der Waals surface area contributed by atoms with Crippen LogP contribution < -0.4 is 0 Å². The minimum Gasteiger partial charge on any atom is -0.395 e. The number of aromatic nitrogens is 3. The summed E-state index contributed by atoms with van der Waals surface area (Å²) in [6.07, 6.45) is 3.72. The quantitative estimate of drug-likeness (QED) is 0.898. The Morgan fingerprint density at radius 2 is 2.30 bits per heavy atom. The molecule has 0 spiro atoms. The van der Waals surface area contributed by atoms with E-state index in [2.05, 4.69) is 10.1 Å². The second-order valence-electron chi connectivity index (χ2n) is 5.27. The molecule has 3 rings (SSSR count). The monoisotopic (exact) mass is 274 g/mol. The van der Waals surface area contributed by atoms with Gasteiger partial charge in [-0.1, -0.05) is 0 Å². The Kier molecular flexibility index (Phi) is 3.17. The number of rotatable bonds is 4. The number of aliphatic hydroxyl groups excluding tert-OH is 1. The molecule has 0 aliphatic heterocycles. The van der Waals surface area contributed by atoms with Crippen LogP contribution in [0.15, 0.2) is 12.3 Å². The van der Waals surface area contributed by atoms with Gasteiger partial charge >= 0.3 is 0 Å². The minimum atomic E-state index is -0.0370. The van der Waals surface area contributed by atoms with Gasteiger partial charge in [0.2, 0.25) is 0 Å². The van der Waals surface area contributed by atoms with Crippen LogP contribution in [0.3, 0.4) is 0 Å². The van der Waals surface area contributed by atoms with Crippen LogP contribution in [0.2, 0.25) is 0 Å². The number of aliphatic hydroxyl groups is 1. The van der Waals surface area contributed by atoms with E-state index < -0.39 is 0 Å². The molecule has 0 unspecified atom stereocenters. The van der Waals surface area contributed by atoms with E-state index in [9.17, 15) is 4.79 Å². The summed E-state index contributed by atoms with van der Waals surface area (Å²) in [6.45, 7) is 2.24. The van der Waals surface area contributed by atoms with Crippen molar-refractivity contribution in [2.75, 3.05) is 13.2 Å². The van der Waals surface area contributed by atoms with Crippen molar-refractivity contribution >= 4 is 16.9 Å².